The zero-order valence-electron chi connectivity index (χ0n) is 17.2. The molecule has 0 aliphatic heterocycles. The zero-order chi connectivity index (χ0) is 20.1. The van der Waals surface area contributed by atoms with Crippen LogP contribution in [0.5, 0.6) is 0 Å². The van der Waals surface area contributed by atoms with Crippen LogP contribution < -0.4 is 0 Å². The van der Waals surface area contributed by atoms with Crippen molar-refractivity contribution in [1.29, 1.82) is 0 Å². The number of hydrogen-bond acceptors (Lipinski definition) is 4. The monoisotopic (exact) mass is 446 g/mol. The van der Waals surface area contributed by atoms with E-state index in [0.717, 1.165) is 30.0 Å². The Hall–Kier alpha value is -0.390. The lowest BCUT2D eigenvalue weighted by molar-refractivity contribution is -0.209. The van der Waals surface area contributed by atoms with Crippen molar-refractivity contribution >= 4 is 21.9 Å². The number of alkyl halides is 1. The van der Waals surface area contributed by atoms with Gasteiger partial charge in [0.2, 0.25) is 0 Å². The van der Waals surface area contributed by atoms with Crippen molar-refractivity contribution in [1.82, 2.24) is 0 Å². The maximum atomic E-state index is 11.3. The fraction of sp³-hybridized carbons (Fsp3) is 0.864. The highest BCUT2D eigenvalue weighted by atomic mass is 79.9. The van der Waals surface area contributed by atoms with Gasteiger partial charge in [-0.15, -0.1) is 0 Å². The molecule has 0 aromatic carbocycles. The van der Waals surface area contributed by atoms with Gasteiger partial charge < -0.3 is 14.9 Å². The maximum Gasteiger partial charge on any atom is 0.366 e. The van der Waals surface area contributed by atoms with Crippen molar-refractivity contribution in [3.63, 3.8) is 0 Å². The largest absolute Gasteiger partial charge is 0.465 e. The summed E-state index contributed by atoms with van der Waals surface area (Å²) in [6.07, 6.45) is 17.7. The molecule has 5 heteroatoms. The van der Waals surface area contributed by atoms with Crippen molar-refractivity contribution in [2.45, 2.75) is 89.8 Å². The summed E-state index contributed by atoms with van der Waals surface area (Å²) in [6, 6.07) is 0. The van der Waals surface area contributed by atoms with Crippen LogP contribution in [0.2, 0.25) is 0 Å². The Labute approximate surface area is 173 Å². The standard InChI is InChI=1S/C22H39BrO4/c1-3-4-5-6-7-10-13-20-18(14-15-19(20)17-23)12-9-8-11-16-22(25,26)21(24)27-2/h10,13,18-20,25-26H,3-9,11-12,14-17H2,1-2H3/t18-,19-,20+/m0/s1. The Morgan fingerprint density at radius 3 is 2.48 bits per heavy atom. The Bertz CT molecular complexity index is 436. The van der Waals surface area contributed by atoms with Gasteiger partial charge in [-0.1, -0.05) is 67.1 Å². The average Bonchev–Trinajstić information content (AvgIpc) is 3.05. The summed E-state index contributed by atoms with van der Waals surface area (Å²) in [5, 5.41) is 20.4. The summed E-state index contributed by atoms with van der Waals surface area (Å²) in [4.78, 5) is 11.3. The minimum atomic E-state index is -2.34. The topological polar surface area (TPSA) is 66.8 Å². The number of methoxy groups -OCH3 is 1. The minimum absolute atomic E-state index is 0.0372. The highest BCUT2D eigenvalue weighted by molar-refractivity contribution is 9.09. The van der Waals surface area contributed by atoms with Crippen LogP contribution in [0.3, 0.4) is 0 Å². The van der Waals surface area contributed by atoms with E-state index in [1.165, 1.54) is 58.5 Å². The summed E-state index contributed by atoms with van der Waals surface area (Å²) in [7, 11) is 1.17. The molecule has 0 amide bonds. The molecule has 0 aromatic heterocycles. The molecule has 0 aromatic rings. The van der Waals surface area contributed by atoms with E-state index in [1.807, 2.05) is 0 Å². The lowest BCUT2D eigenvalue weighted by Gasteiger charge is -2.21. The second-order valence-electron chi connectivity index (χ2n) is 8.01. The molecule has 0 heterocycles. The van der Waals surface area contributed by atoms with Gasteiger partial charge in [-0.25, -0.2) is 4.79 Å². The minimum Gasteiger partial charge on any atom is -0.465 e. The number of hydrogen-bond donors (Lipinski definition) is 2. The predicted octanol–water partition coefficient (Wildman–Crippen LogP) is 5.35. The summed E-state index contributed by atoms with van der Waals surface area (Å²) in [5.41, 5.74) is 0. The molecule has 1 aliphatic carbocycles. The normalized spacial score (nSPS) is 23.2. The highest BCUT2D eigenvalue weighted by Crippen LogP contribution is 2.42. The molecule has 1 fully saturated rings. The van der Waals surface area contributed by atoms with Crippen LogP contribution in [0.1, 0.15) is 84.0 Å². The molecule has 2 N–H and O–H groups in total. The Morgan fingerprint density at radius 2 is 1.81 bits per heavy atom. The van der Waals surface area contributed by atoms with E-state index in [2.05, 4.69) is 39.7 Å². The van der Waals surface area contributed by atoms with Gasteiger partial charge in [0.15, 0.2) is 0 Å². The molecule has 27 heavy (non-hydrogen) atoms. The van der Waals surface area contributed by atoms with Crippen molar-refractivity contribution < 1.29 is 19.7 Å². The van der Waals surface area contributed by atoms with E-state index >= 15 is 0 Å². The van der Waals surface area contributed by atoms with E-state index in [0.29, 0.717) is 12.3 Å². The molecule has 0 spiro atoms. The first kappa shape index (κ1) is 24.6. The Morgan fingerprint density at radius 1 is 1.11 bits per heavy atom. The van der Waals surface area contributed by atoms with Crippen molar-refractivity contribution in [2.75, 3.05) is 12.4 Å². The number of allylic oxidation sites excluding steroid dienone is 2. The lowest BCUT2D eigenvalue weighted by atomic mass is 9.86. The zero-order valence-corrected chi connectivity index (χ0v) is 18.8. The second-order valence-corrected chi connectivity index (χ2v) is 8.66. The van der Waals surface area contributed by atoms with Gasteiger partial charge in [-0.3, -0.25) is 0 Å². The van der Waals surface area contributed by atoms with Crippen LogP contribution >= 0.6 is 15.9 Å². The first-order valence-corrected chi connectivity index (χ1v) is 11.8. The van der Waals surface area contributed by atoms with Crippen LogP contribution in [0.25, 0.3) is 0 Å². The molecule has 0 unspecified atom stereocenters. The fourth-order valence-corrected chi connectivity index (χ4v) is 4.95. The quantitative estimate of drug-likeness (QED) is 0.124. The number of carbonyl (C=O) groups is 1. The highest BCUT2D eigenvalue weighted by Gasteiger charge is 2.34. The summed E-state index contributed by atoms with van der Waals surface area (Å²) in [6.45, 7) is 2.25. The number of aliphatic hydroxyl groups is 2. The molecule has 0 saturated heterocycles. The Kier molecular flexibility index (Phi) is 12.5. The molecule has 3 atom stereocenters. The molecule has 1 saturated carbocycles. The van der Waals surface area contributed by atoms with Gasteiger partial charge >= 0.3 is 5.97 Å². The van der Waals surface area contributed by atoms with Crippen LogP contribution in [0.15, 0.2) is 12.2 Å². The second kappa shape index (κ2) is 13.7. The maximum absolute atomic E-state index is 11.3. The number of halogens is 1. The number of carbonyl (C=O) groups excluding carboxylic acids is 1. The molecule has 4 nitrogen and oxygen atoms in total. The summed E-state index contributed by atoms with van der Waals surface area (Å²) in [5.74, 6) is -1.17. The van der Waals surface area contributed by atoms with Gasteiger partial charge in [-0.2, -0.15) is 0 Å². The first-order chi connectivity index (χ1) is 13.0. The SMILES string of the molecule is CCCCCCC=C[C@@H]1[C@@H](CCCCCC(O)(O)C(=O)OC)CC[C@H]1CBr. The van der Waals surface area contributed by atoms with Crippen molar-refractivity contribution in [2.24, 2.45) is 17.8 Å². The number of rotatable bonds is 14. The van der Waals surface area contributed by atoms with Crippen LogP contribution in [-0.4, -0.2) is 34.4 Å². The van der Waals surface area contributed by atoms with Gasteiger partial charge in [0, 0.05) is 11.8 Å². The van der Waals surface area contributed by atoms with Crippen LogP contribution in [0, 0.1) is 17.8 Å². The van der Waals surface area contributed by atoms with Gasteiger partial charge in [0.05, 0.1) is 7.11 Å². The number of unbranched alkanes of at least 4 members (excludes halogenated alkanes) is 6. The van der Waals surface area contributed by atoms with E-state index in [4.69, 9.17) is 0 Å². The van der Waals surface area contributed by atoms with Crippen molar-refractivity contribution in [3.05, 3.63) is 12.2 Å². The molecular weight excluding hydrogens is 408 g/mol. The van der Waals surface area contributed by atoms with Gasteiger partial charge in [0.25, 0.3) is 5.79 Å². The fourth-order valence-electron chi connectivity index (χ4n) is 4.19. The van der Waals surface area contributed by atoms with E-state index < -0.39 is 11.8 Å². The van der Waals surface area contributed by atoms with Crippen molar-refractivity contribution in [3.8, 4) is 0 Å². The third-order valence-electron chi connectivity index (χ3n) is 5.89. The van der Waals surface area contributed by atoms with Crippen LogP contribution in [-0.2, 0) is 9.53 Å². The third kappa shape index (κ3) is 9.10. The van der Waals surface area contributed by atoms with Gasteiger partial charge in [0.1, 0.15) is 0 Å². The molecular formula is C22H39BrO4. The van der Waals surface area contributed by atoms with E-state index in [1.54, 1.807) is 0 Å². The smallest absolute Gasteiger partial charge is 0.366 e. The number of ether oxygens (including phenoxy) is 1. The molecule has 1 rings (SSSR count). The Balaban J connectivity index is 2.33. The van der Waals surface area contributed by atoms with Crippen LogP contribution in [0.4, 0.5) is 0 Å². The van der Waals surface area contributed by atoms with E-state index in [-0.39, 0.29) is 6.42 Å². The molecule has 158 valence electrons. The first-order valence-electron chi connectivity index (χ1n) is 10.7. The predicted molar refractivity (Wildman–Crippen MR) is 114 cm³/mol. The third-order valence-corrected chi connectivity index (χ3v) is 6.72. The molecule has 1 aliphatic rings. The molecule has 0 bridgehead atoms. The summed E-state index contributed by atoms with van der Waals surface area (Å²) < 4.78 is 4.41. The average molecular weight is 447 g/mol. The van der Waals surface area contributed by atoms with Gasteiger partial charge in [-0.05, 0) is 56.3 Å². The lowest BCUT2D eigenvalue weighted by Crippen LogP contribution is -2.39. The van der Waals surface area contributed by atoms with E-state index in [9.17, 15) is 15.0 Å². The number of esters is 1. The summed E-state index contributed by atoms with van der Waals surface area (Å²) >= 11 is 3.69. The molecule has 0 radical (unpaired) electrons.